The van der Waals surface area contributed by atoms with E-state index < -0.39 is 0 Å². The highest BCUT2D eigenvalue weighted by molar-refractivity contribution is 7.26. The molecule has 4 heterocycles. The Hall–Kier alpha value is -7.51. The lowest BCUT2D eigenvalue weighted by atomic mass is 9.98. The number of nitrogens with zero attached hydrogens (tertiary/aromatic N) is 4. The lowest BCUT2D eigenvalue weighted by Gasteiger charge is -2.17. The number of hydrogen-bond acceptors (Lipinski definition) is 5. The van der Waals surface area contributed by atoms with E-state index in [1.165, 1.54) is 73.0 Å². The summed E-state index contributed by atoms with van der Waals surface area (Å²) in [5.74, 6) is 1.92. The molecule has 0 unspecified atom stereocenters. The molecule has 0 atom stereocenters. The van der Waals surface area contributed by atoms with Crippen molar-refractivity contribution in [1.82, 2.24) is 19.5 Å². The molecule has 61 heavy (non-hydrogen) atoms. The highest BCUT2D eigenvalue weighted by Gasteiger charge is 2.21. The number of thiophene rings is 2. The zero-order chi connectivity index (χ0) is 40.0. The molecule has 0 bridgehead atoms. The smallest absolute Gasteiger partial charge is 0.164 e. The summed E-state index contributed by atoms with van der Waals surface area (Å²) in [5.41, 5.74) is 8.55. The molecule has 0 N–H and O–H groups in total. The van der Waals surface area contributed by atoms with Crippen molar-refractivity contribution >= 4 is 95.6 Å². The van der Waals surface area contributed by atoms with Gasteiger partial charge in [-0.25, -0.2) is 15.0 Å². The summed E-state index contributed by atoms with van der Waals surface area (Å²) in [4.78, 5) is 15.7. The molecule has 4 nitrogen and oxygen atoms in total. The SMILES string of the molecule is c1ccc(-c2nc(-c3ccc(-n4c5ccccc5c5cc6ccccc6cc54)c(-c4cccc5c4sc4ccccc45)c3)nc(-c3ccc4c(c3)sc3ccccc34)n2)cc1. The van der Waals surface area contributed by atoms with Crippen molar-refractivity contribution in [3.05, 3.63) is 194 Å². The van der Waals surface area contributed by atoms with E-state index in [9.17, 15) is 0 Å². The van der Waals surface area contributed by atoms with Gasteiger partial charge in [0.05, 0.1) is 16.7 Å². The average molecular weight is 813 g/mol. The Morgan fingerprint density at radius 3 is 1.72 bits per heavy atom. The van der Waals surface area contributed by atoms with E-state index in [0.717, 1.165) is 33.5 Å². The van der Waals surface area contributed by atoms with Crippen molar-refractivity contribution in [2.75, 3.05) is 0 Å². The quantitative estimate of drug-likeness (QED) is 0.174. The van der Waals surface area contributed by atoms with Crippen molar-refractivity contribution in [3.8, 4) is 51.0 Å². The van der Waals surface area contributed by atoms with E-state index in [1.54, 1.807) is 11.3 Å². The van der Waals surface area contributed by atoms with Gasteiger partial charge in [-0.3, -0.25) is 0 Å². The molecule has 284 valence electrons. The lowest BCUT2D eigenvalue weighted by molar-refractivity contribution is 1.07. The van der Waals surface area contributed by atoms with Gasteiger partial charge >= 0.3 is 0 Å². The maximum absolute atomic E-state index is 5.30. The Bertz CT molecular complexity index is 3900. The van der Waals surface area contributed by atoms with Gasteiger partial charge in [-0.1, -0.05) is 140 Å². The third-order valence-corrected chi connectivity index (χ3v) is 14.4. The van der Waals surface area contributed by atoms with Gasteiger partial charge < -0.3 is 4.57 Å². The maximum Gasteiger partial charge on any atom is 0.164 e. The fourth-order valence-electron chi connectivity index (χ4n) is 9.18. The predicted molar refractivity (Wildman–Crippen MR) is 259 cm³/mol. The van der Waals surface area contributed by atoms with Crippen LogP contribution in [0.2, 0.25) is 0 Å². The first-order chi connectivity index (χ1) is 30.2. The second-order valence-corrected chi connectivity index (χ2v) is 17.7. The number of rotatable bonds is 5. The van der Waals surface area contributed by atoms with Crippen molar-refractivity contribution in [3.63, 3.8) is 0 Å². The van der Waals surface area contributed by atoms with Gasteiger partial charge in [0.15, 0.2) is 17.5 Å². The lowest BCUT2D eigenvalue weighted by Crippen LogP contribution is -2.02. The van der Waals surface area contributed by atoms with E-state index in [-0.39, 0.29) is 0 Å². The van der Waals surface area contributed by atoms with Crippen LogP contribution in [0.15, 0.2) is 194 Å². The summed E-state index contributed by atoms with van der Waals surface area (Å²) in [7, 11) is 0. The molecule has 13 aromatic rings. The molecule has 4 aromatic heterocycles. The highest BCUT2D eigenvalue weighted by Crippen LogP contribution is 2.45. The first-order valence-electron chi connectivity index (χ1n) is 20.4. The number of aromatic nitrogens is 4. The van der Waals surface area contributed by atoms with E-state index in [1.807, 2.05) is 29.5 Å². The summed E-state index contributed by atoms with van der Waals surface area (Å²) < 4.78 is 7.47. The van der Waals surface area contributed by atoms with Crippen LogP contribution in [-0.4, -0.2) is 19.5 Å². The summed E-state index contributed by atoms with van der Waals surface area (Å²) in [6, 6.07) is 69.8. The summed E-state index contributed by atoms with van der Waals surface area (Å²) in [6.07, 6.45) is 0. The van der Waals surface area contributed by atoms with Crippen LogP contribution in [-0.2, 0) is 0 Å². The van der Waals surface area contributed by atoms with Crippen LogP contribution in [0.25, 0.3) is 124 Å². The van der Waals surface area contributed by atoms with Crippen LogP contribution in [0.5, 0.6) is 0 Å². The molecule has 0 aliphatic rings. The molecular weight excluding hydrogens is 781 g/mol. The highest BCUT2D eigenvalue weighted by atomic mass is 32.1. The minimum atomic E-state index is 0.629. The Morgan fingerprint density at radius 2 is 0.918 bits per heavy atom. The Labute approximate surface area is 358 Å². The van der Waals surface area contributed by atoms with E-state index in [0.29, 0.717) is 17.5 Å². The third kappa shape index (κ3) is 5.46. The fourth-order valence-corrected chi connectivity index (χ4v) is 11.6. The standard InChI is InChI=1S/C55H32N4S2/c1-2-13-33(14-3-1)53-56-54(58-55(57-53)37-25-27-41-39-18-7-10-23-49(39)60-51(41)32-37)36-26-28-47(45(30-36)43-21-12-20-42-40-19-8-11-24-50(40)61-52(42)43)59-46-22-9-6-17-38(46)44-29-34-15-4-5-16-35(34)31-48(44)59/h1-32H. The largest absolute Gasteiger partial charge is 0.309 e. The number of para-hydroxylation sites is 1. The van der Waals surface area contributed by atoms with Crippen LogP contribution < -0.4 is 0 Å². The minimum Gasteiger partial charge on any atom is -0.309 e. The second-order valence-electron chi connectivity index (χ2n) is 15.6. The summed E-state index contributed by atoms with van der Waals surface area (Å²) in [6.45, 7) is 0. The molecule has 0 saturated heterocycles. The minimum absolute atomic E-state index is 0.629. The maximum atomic E-state index is 5.30. The number of benzene rings is 9. The third-order valence-electron chi connectivity index (χ3n) is 12.0. The summed E-state index contributed by atoms with van der Waals surface area (Å²) in [5, 5.41) is 9.95. The normalized spacial score (nSPS) is 11.9. The molecular formula is C55H32N4S2. The van der Waals surface area contributed by atoms with Gasteiger partial charge in [0.2, 0.25) is 0 Å². The molecule has 6 heteroatoms. The van der Waals surface area contributed by atoms with Crippen molar-refractivity contribution in [2.24, 2.45) is 0 Å². The van der Waals surface area contributed by atoms with E-state index >= 15 is 0 Å². The average Bonchev–Trinajstić information content (AvgIpc) is 4.00. The van der Waals surface area contributed by atoms with Crippen molar-refractivity contribution < 1.29 is 0 Å². The molecule has 0 spiro atoms. The Morgan fingerprint density at radius 1 is 0.328 bits per heavy atom. The van der Waals surface area contributed by atoms with Crippen molar-refractivity contribution in [2.45, 2.75) is 0 Å². The van der Waals surface area contributed by atoms with Gasteiger partial charge in [-0.05, 0) is 65.4 Å². The van der Waals surface area contributed by atoms with Crippen molar-refractivity contribution in [1.29, 1.82) is 0 Å². The topological polar surface area (TPSA) is 43.6 Å². The molecule has 0 amide bonds. The molecule has 0 saturated carbocycles. The second kappa shape index (κ2) is 13.5. The zero-order valence-electron chi connectivity index (χ0n) is 32.6. The first-order valence-corrected chi connectivity index (χ1v) is 22.1. The van der Waals surface area contributed by atoms with Crippen LogP contribution in [0, 0.1) is 0 Å². The van der Waals surface area contributed by atoms with Gasteiger partial charge in [0.1, 0.15) is 0 Å². The number of fused-ring (bicyclic) bond motifs is 10. The Balaban J connectivity index is 1.09. The molecule has 0 radical (unpaired) electrons. The molecule has 9 aromatic carbocycles. The van der Waals surface area contributed by atoms with Crippen LogP contribution in [0.3, 0.4) is 0 Å². The first kappa shape index (κ1) is 34.4. The van der Waals surface area contributed by atoms with Crippen LogP contribution in [0.4, 0.5) is 0 Å². The van der Waals surface area contributed by atoms with Gasteiger partial charge in [-0.15, -0.1) is 22.7 Å². The molecule has 13 rings (SSSR count). The summed E-state index contributed by atoms with van der Waals surface area (Å²) >= 11 is 3.66. The molecule has 0 aliphatic carbocycles. The van der Waals surface area contributed by atoms with Crippen LogP contribution >= 0.6 is 22.7 Å². The fraction of sp³-hybridized carbons (Fsp3) is 0. The predicted octanol–water partition coefficient (Wildman–Crippen LogP) is 15.5. The monoisotopic (exact) mass is 812 g/mol. The zero-order valence-corrected chi connectivity index (χ0v) is 34.2. The van der Waals surface area contributed by atoms with Crippen LogP contribution in [0.1, 0.15) is 0 Å². The Kier molecular flexibility index (Phi) is 7.61. The molecule has 0 fully saturated rings. The molecule has 0 aliphatic heterocycles. The van der Waals surface area contributed by atoms with Gasteiger partial charge in [0.25, 0.3) is 0 Å². The van der Waals surface area contributed by atoms with E-state index in [4.69, 9.17) is 15.0 Å². The van der Waals surface area contributed by atoms with E-state index in [2.05, 4.69) is 180 Å². The number of hydrogen-bond donors (Lipinski definition) is 0. The van der Waals surface area contributed by atoms with Gasteiger partial charge in [0, 0.05) is 78.9 Å². The van der Waals surface area contributed by atoms with Gasteiger partial charge in [-0.2, -0.15) is 0 Å².